The molecule has 2 rings (SSSR count). The summed E-state index contributed by atoms with van der Waals surface area (Å²) in [6.07, 6.45) is 11.3. The van der Waals surface area contributed by atoms with Crippen LogP contribution in [0.2, 0.25) is 0 Å². The van der Waals surface area contributed by atoms with Crippen molar-refractivity contribution in [1.29, 1.82) is 0 Å². The minimum atomic E-state index is 0.885. The highest BCUT2D eigenvalue weighted by Gasteiger charge is 2.18. The summed E-state index contributed by atoms with van der Waals surface area (Å²) < 4.78 is 0. The van der Waals surface area contributed by atoms with E-state index in [1.54, 1.807) is 16.7 Å². The smallest absolute Gasteiger partial charge is 0.0127 e. The molecule has 0 fully saturated rings. The lowest BCUT2D eigenvalue weighted by Gasteiger charge is -2.22. The first-order chi connectivity index (χ1) is 7.20. The van der Waals surface area contributed by atoms with Crippen molar-refractivity contribution < 1.29 is 0 Å². The minimum Gasteiger partial charge on any atom is -0.0770 e. The van der Waals surface area contributed by atoms with Gasteiger partial charge in [-0.15, -0.1) is 0 Å². The molecule has 0 saturated carbocycles. The first-order valence-electron chi connectivity index (χ1n) is 6.29. The van der Waals surface area contributed by atoms with Crippen molar-refractivity contribution in [3.63, 3.8) is 0 Å². The molecule has 0 heterocycles. The molecule has 0 bridgehead atoms. The average Bonchev–Trinajstić information content (AvgIpc) is 2.35. The maximum Gasteiger partial charge on any atom is -0.0127 e. The summed E-state index contributed by atoms with van der Waals surface area (Å²) in [5.74, 6) is 0.885. The SMILES string of the molecule is CCC1=CCC2=C(C=C1C)C[C@@H](C)CC2. The molecule has 15 heavy (non-hydrogen) atoms. The van der Waals surface area contributed by atoms with Crippen molar-refractivity contribution in [2.45, 2.75) is 52.9 Å². The minimum absolute atomic E-state index is 0.885. The highest BCUT2D eigenvalue weighted by molar-refractivity contribution is 5.43. The average molecular weight is 202 g/mol. The van der Waals surface area contributed by atoms with Gasteiger partial charge in [0.2, 0.25) is 0 Å². The molecule has 1 atom stereocenters. The summed E-state index contributed by atoms with van der Waals surface area (Å²) in [6.45, 7) is 6.91. The van der Waals surface area contributed by atoms with Gasteiger partial charge in [0.05, 0.1) is 0 Å². The van der Waals surface area contributed by atoms with Gasteiger partial charge >= 0.3 is 0 Å². The molecule has 0 unspecified atom stereocenters. The molecule has 0 spiro atoms. The number of rotatable bonds is 1. The summed E-state index contributed by atoms with van der Waals surface area (Å²) in [5, 5.41) is 0. The Morgan fingerprint density at radius 3 is 2.93 bits per heavy atom. The fourth-order valence-corrected chi connectivity index (χ4v) is 2.78. The first-order valence-corrected chi connectivity index (χ1v) is 6.29. The Morgan fingerprint density at radius 1 is 1.40 bits per heavy atom. The molecule has 0 N–H and O–H groups in total. The lowest BCUT2D eigenvalue weighted by atomic mass is 9.84. The van der Waals surface area contributed by atoms with Crippen LogP contribution in [0.5, 0.6) is 0 Å². The predicted octanol–water partition coefficient (Wildman–Crippen LogP) is 4.79. The molecule has 0 radical (unpaired) electrons. The Labute approximate surface area is 93.8 Å². The second-order valence-corrected chi connectivity index (χ2v) is 5.09. The van der Waals surface area contributed by atoms with E-state index in [9.17, 15) is 0 Å². The van der Waals surface area contributed by atoms with Gasteiger partial charge in [-0.05, 0) is 61.7 Å². The Kier molecular flexibility index (Phi) is 3.14. The highest BCUT2D eigenvalue weighted by atomic mass is 14.2. The van der Waals surface area contributed by atoms with Gasteiger partial charge in [-0.25, -0.2) is 0 Å². The van der Waals surface area contributed by atoms with Crippen LogP contribution in [0.25, 0.3) is 0 Å². The fraction of sp³-hybridized carbons (Fsp3) is 0.600. The molecule has 0 aromatic rings. The van der Waals surface area contributed by atoms with Crippen LogP contribution in [0.4, 0.5) is 0 Å². The third-order valence-corrected chi connectivity index (χ3v) is 3.83. The summed E-state index contributed by atoms with van der Waals surface area (Å²) in [4.78, 5) is 0. The van der Waals surface area contributed by atoms with Crippen LogP contribution in [0.1, 0.15) is 52.9 Å². The van der Waals surface area contributed by atoms with Crippen molar-refractivity contribution in [3.05, 3.63) is 34.4 Å². The number of allylic oxidation sites excluding steroid dienone is 6. The van der Waals surface area contributed by atoms with Gasteiger partial charge in [0.15, 0.2) is 0 Å². The van der Waals surface area contributed by atoms with Crippen LogP contribution in [-0.2, 0) is 0 Å². The van der Waals surface area contributed by atoms with Gasteiger partial charge in [0.1, 0.15) is 0 Å². The van der Waals surface area contributed by atoms with E-state index in [1.807, 2.05) is 0 Å². The van der Waals surface area contributed by atoms with Crippen LogP contribution in [-0.4, -0.2) is 0 Å². The molecular formula is C15H22. The summed E-state index contributed by atoms with van der Waals surface area (Å²) >= 11 is 0. The molecule has 0 amide bonds. The standard InChI is InChI=1S/C15H22/c1-4-13-7-8-14-6-5-11(2)9-15(14)10-12(13)3/h7,10-11H,4-6,8-9H2,1-3H3/t11-/m0/s1. The Morgan fingerprint density at radius 2 is 2.20 bits per heavy atom. The van der Waals surface area contributed by atoms with E-state index in [4.69, 9.17) is 0 Å². The topological polar surface area (TPSA) is 0 Å². The van der Waals surface area contributed by atoms with Crippen LogP contribution in [0, 0.1) is 5.92 Å². The largest absolute Gasteiger partial charge is 0.0770 e. The lowest BCUT2D eigenvalue weighted by molar-refractivity contribution is 0.498. The summed E-state index contributed by atoms with van der Waals surface area (Å²) in [6, 6.07) is 0. The molecule has 2 aliphatic rings. The van der Waals surface area contributed by atoms with Crippen LogP contribution < -0.4 is 0 Å². The predicted molar refractivity (Wildman–Crippen MR) is 66.8 cm³/mol. The van der Waals surface area contributed by atoms with Crippen LogP contribution in [0.15, 0.2) is 34.4 Å². The van der Waals surface area contributed by atoms with Gasteiger partial charge in [-0.2, -0.15) is 0 Å². The monoisotopic (exact) mass is 202 g/mol. The Balaban J connectivity index is 2.29. The second-order valence-electron chi connectivity index (χ2n) is 5.09. The van der Waals surface area contributed by atoms with Gasteiger partial charge in [0, 0.05) is 0 Å². The zero-order valence-electron chi connectivity index (χ0n) is 10.3. The number of hydrogen-bond acceptors (Lipinski definition) is 0. The summed E-state index contributed by atoms with van der Waals surface area (Å²) in [7, 11) is 0. The van der Waals surface area contributed by atoms with Crippen LogP contribution in [0.3, 0.4) is 0 Å². The molecular weight excluding hydrogens is 180 g/mol. The van der Waals surface area contributed by atoms with E-state index in [0.29, 0.717) is 0 Å². The van der Waals surface area contributed by atoms with E-state index in [1.165, 1.54) is 37.7 Å². The molecule has 0 nitrogen and oxygen atoms in total. The third kappa shape index (κ3) is 2.25. The highest BCUT2D eigenvalue weighted by Crippen LogP contribution is 2.35. The van der Waals surface area contributed by atoms with E-state index in [2.05, 4.69) is 32.9 Å². The Hall–Kier alpha value is -0.780. The van der Waals surface area contributed by atoms with Crippen molar-refractivity contribution in [2.24, 2.45) is 5.92 Å². The maximum atomic E-state index is 2.45. The van der Waals surface area contributed by atoms with E-state index in [0.717, 1.165) is 5.92 Å². The molecule has 0 aromatic heterocycles. The molecule has 0 heteroatoms. The molecule has 0 aromatic carbocycles. The molecule has 0 aliphatic heterocycles. The zero-order chi connectivity index (χ0) is 10.8. The van der Waals surface area contributed by atoms with E-state index in [-0.39, 0.29) is 0 Å². The van der Waals surface area contributed by atoms with Gasteiger partial charge in [-0.1, -0.05) is 31.6 Å². The lowest BCUT2D eigenvalue weighted by Crippen LogP contribution is -2.06. The normalized spacial score (nSPS) is 26.7. The molecule has 0 saturated heterocycles. The van der Waals surface area contributed by atoms with Gasteiger partial charge < -0.3 is 0 Å². The van der Waals surface area contributed by atoms with Crippen molar-refractivity contribution in [1.82, 2.24) is 0 Å². The quantitative estimate of drug-likeness (QED) is 0.573. The van der Waals surface area contributed by atoms with Crippen molar-refractivity contribution in [2.75, 3.05) is 0 Å². The second kappa shape index (κ2) is 4.38. The van der Waals surface area contributed by atoms with Gasteiger partial charge in [0.25, 0.3) is 0 Å². The van der Waals surface area contributed by atoms with Crippen LogP contribution >= 0.6 is 0 Å². The first kappa shape index (κ1) is 10.7. The van der Waals surface area contributed by atoms with E-state index >= 15 is 0 Å². The number of hydrogen-bond donors (Lipinski definition) is 0. The maximum absolute atomic E-state index is 2.45. The molecule has 2 aliphatic carbocycles. The van der Waals surface area contributed by atoms with E-state index < -0.39 is 0 Å². The fourth-order valence-electron chi connectivity index (χ4n) is 2.78. The zero-order valence-corrected chi connectivity index (χ0v) is 10.3. The van der Waals surface area contributed by atoms with Gasteiger partial charge in [-0.3, -0.25) is 0 Å². The molecule has 82 valence electrons. The van der Waals surface area contributed by atoms with Crippen molar-refractivity contribution >= 4 is 0 Å². The Bertz CT molecular complexity index is 339. The summed E-state index contributed by atoms with van der Waals surface area (Å²) in [5.41, 5.74) is 6.40. The van der Waals surface area contributed by atoms with Crippen molar-refractivity contribution in [3.8, 4) is 0 Å². The third-order valence-electron chi connectivity index (χ3n) is 3.83.